The number of carbonyl (C=O) groups excluding carboxylic acids is 2. The lowest BCUT2D eigenvalue weighted by atomic mass is 10.1. The van der Waals surface area contributed by atoms with Crippen molar-refractivity contribution in [2.45, 2.75) is 32.2 Å². The van der Waals surface area contributed by atoms with E-state index in [1.54, 1.807) is 24.3 Å². The number of fused-ring (bicyclic) bond motifs is 1. The fourth-order valence-corrected chi connectivity index (χ4v) is 4.45. The quantitative estimate of drug-likeness (QED) is 0.468. The summed E-state index contributed by atoms with van der Waals surface area (Å²) in [5, 5.41) is 0.348. The zero-order valence-corrected chi connectivity index (χ0v) is 17.8. The van der Waals surface area contributed by atoms with Gasteiger partial charge in [0.1, 0.15) is 5.75 Å². The van der Waals surface area contributed by atoms with Gasteiger partial charge in [0.05, 0.1) is 22.9 Å². The molecule has 4 rings (SSSR count). The van der Waals surface area contributed by atoms with Crippen LogP contribution < -0.4 is 9.64 Å². The van der Waals surface area contributed by atoms with E-state index in [1.165, 1.54) is 30.0 Å². The lowest BCUT2D eigenvalue weighted by Crippen LogP contribution is -2.37. The fourth-order valence-electron chi connectivity index (χ4n) is 3.45. The average molecular weight is 464 g/mol. The van der Waals surface area contributed by atoms with Crippen LogP contribution in [0.15, 0.2) is 42.5 Å². The second-order valence-electron chi connectivity index (χ2n) is 7.36. The van der Waals surface area contributed by atoms with Crippen molar-refractivity contribution in [3.63, 3.8) is 0 Å². The van der Waals surface area contributed by atoms with Crippen LogP contribution in [0.1, 0.15) is 40.5 Å². The SMILES string of the molecule is CC(=O)c1ccc(C(=O)N(CC2CCCO2)c2nc3ccc(OC(F)(F)F)cc3s2)cc1. The number of alkyl halides is 3. The molecule has 2 aromatic carbocycles. The van der Waals surface area contributed by atoms with Gasteiger partial charge in [-0.3, -0.25) is 14.5 Å². The number of amides is 1. The molecule has 1 atom stereocenters. The average Bonchev–Trinajstić information content (AvgIpc) is 3.39. The first kappa shape index (κ1) is 22.2. The highest BCUT2D eigenvalue weighted by molar-refractivity contribution is 7.22. The molecule has 32 heavy (non-hydrogen) atoms. The van der Waals surface area contributed by atoms with Crippen LogP contribution in [0.4, 0.5) is 18.3 Å². The number of benzene rings is 2. The van der Waals surface area contributed by atoms with Gasteiger partial charge in [0, 0.05) is 23.8 Å². The Hall–Kier alpha value is -2.98. The molecule has 0 spiro atoms. The molecule has 168 valence electrons. The van der Waals surface area contributed by atoms with Crippen LogP contribution in [0, 0.1) is 0 Å². The first-order chi connectivity index (χ1) is 15.2. The lowest BCUT2D eigenvalue weighted by molar-refractivity contribution is -0.274. The van der Waals surface area contributed by atoms with Gasteiger partial charge in [0.2, 0.25) is 0 Å². The Balaban J connectivity index is 1.66. The largest absolute Gasteiger partial charge is 0.573 e. The number of hydrogen-bond acceptors (Lipinski definition) is 6. The van der Waals surface area contributed by atoms with E-state index in [2.05, 4.69) is 9.72 Å². The zero-order chi connectivity index (χ0) is 22.9. The number of nitrogens with zero attached hydrogens (tertiary/aromatic N) is 2. The number of rotatable bonds is 6. The Labute approximate surface area is 185 Å². The zero-order valence-electron chi connectivity index (χ0n) is 17.0. The summed E-state index contributed by atoms with van der Waals surface area (Å²) in [6.07, 6.45) is -3.28. The first-order valence-corrected chi connectivity index (χ1v) is 10.7. The number of carbonyl (C=O) groups is 2. The van der Waals surface area contributed by atoms with E-state index < -0.39 is 6.36 Å². The summed E-state index contributed by atoms with van der Waals surface area (Å²) in [6.45, 7) is 2.31. The molecule has 1 unspecified atom stereocenters. The van der Waals surface area contributed by atoms with E-state index in [1.807, 2.05) is 0 Å². The molecule has 0 saturated carbocycles. The highest BCUT2D eigenvalue weighted by atomic mass is 32.1. The minimum absolute atomic E-state index is 0.108. The maximum atomic E-state index is 13.3. The molecule has 0 N–H and O–H groups in total. The minimum Gasteiger partial charge on any atom is -0.406 e. The Kier molecular flexibility index (Phi) is 6.16. The smallest absolute Gasteiger partial charge is 0.406 e. The maximum absolute atomic E-state index is 13.3. The van der Waals surface area contributed by atoms with Crippen molar-refractivity contribution in [2.24, 2.45) is 0 Å². The molecule has 6 nitrogen and oxygen atoms in total. The molecule has 1 aliphatic rings. The molecule has 1 amide bonds. The molecule has 1 fully saturated rings. The second-order valence-corrected chi connectivity index (χ2v) is 8.37. The molecular weight excluding hydrogens is 445 g/mol. The van der Waals surface area contributed by atoms with Gasteiger partial charge in [-0.25, -0.2) is 4.98 Å². The fraction of sp³-hybridized carbons (Fsp3) is 0.318. The van der Waals surface area contributed by atoms with Crippen LogP contribution >= 0.6 is 11.3 Å². The molecule has 10 heteroatoms. The van der Waals surface area contributed by atoms with Crippen molar-refractivity contribution in [2.75, 3.05) is 18.1 Å². The van der Waals surface area contributed by atoms with Gasteiger partial charge in [0.15, 0.2) is 10.9 Å². The van der Waals surface area contributed by atoms with Crippen molar-refractivity contribution in [1.82, 2.24) is 4.98 Å². The predicted molar refractivity (Wildman–Crippen MR) is 113 cm³/mol. The number of ketones is 1. The molecule has 0 radical (unpaired) electrons. The number of Topliss-reactive ketones (excluding diaryl/α,β-unsaturated/α-hetero) is 1. The van der Waals surface area contributed by atoms with Gasteiger partial charge in [-0.1, -0.05) is 23.5 Å². The monoisotopic (exact) mass is 464 g/mol. The van der Waals surface area contributed by atoms with E-state index in [9.17, 15) is 22.8 Å². The normalized spacial score (nSPS) is 16.3. The lowest BCUT2D eigenvalue weighted by Gasteiger charge is -2.23. The van der Waals surface area contributed by atoms with Crippen LogP contribution in [0.5, 0.6) is 5.75 Å². The van der Waals surface area contributed by atoms with Gasteiger partial charge >= 0.3 is 6.36 Å². The number of anilines is 1. The third-order valence-corrected chi connectivity index (χ3v) is 6.05. The van der Waals surface area contributed by atoms with E-state index in [0.29, 0.717) is 33.1 Å². The van der Waals surface area contributed by atoms with Crippen LogP contribution in [0.2, 0.25) is 0 Å². The summed E-state index contributed by atoms with van der Waals surface area (Å²) in [5.74, 6) is -0.790. The van der Waals surface area contributed by atoms with E-state index in [4.69, 9.17) is 4.74 Å². The van der Waals surface area contributed by atoms with E-state index >= 15 is 0 Å². The van der Waals surface area contributed by atoms with Gasteiger partial charge in [-0.2, -0.15) is 0 Å². The Bertz CT molecular complexity index is 1140. The molecule has 2 heterocycles. The van der Waals surface area contributed by atoms with Crippen molar-refractivity contribution in [1.29, 1.82) is 0 Å². The third-order valence-electron chi connectivity index (χ3n) is 5.01. The van der Waals surface area contributed by atoms with Crippen LogP contribution in [-0.4, -0.2) is 42.3 Å². The topological polar surface area (TPSA) is 68.7 Å². The molecule has 1 saturated heterocycles. The van der Waals surface area contributed by atoms with Crippen LogP contribution in [-0.2, 0) is 4.74 Å². The molecule has 0 bridgehead atoms. The summed E-state index contributed by atoms with van der Waals surface area (Å²) in [6, 6.07) is 10.2. The molecule has 1 aromatic heterocycles. The predicted octanol–water partition coefficient (Wildman–Crippen LogP) is 5.22. The van der Waals surface area contributed by atoms with Gasteiger partial charge < -0.3 is 9.47 Å². The first-order valence-electron chi connectivity index (χ1n) is 9.90. The standard InChI is InChI=1S/C22H19F3N2O4S/c1-13(28)14-4-6-15(7-5-14)20(29)27(12-17-3-2-10-30-17)21-26-18-9-8-16(11-19(18)32-21)31-22(23,24)25/h4-9,11,17H,2-3,10,12H2,1H3. The van der Waals surface area contributed by atoms with Gasteiger partial charge in [-0.05, 0) is 44.0 Å². The van der Waals surface area contributed by atoms with Crippen LogP contribution in [0.25, 0.3) is 10.2 Å². The van der Waals surface area contributed by atoms with Gasteiger partial charge in [-0.15, -0.1) is 13.2 Å². The molecule has 1 aliphatic heterocycles. The van der Waals surface area contributed by atoms with Gasteiger partial charge in [0.25, 0.3) is 5.91 Å². The third kappa shape index (κ3) is 5.08. The summed E-state index contributed by atoms with van der Waals surface area (Å²) in [5.41, 5.74) is 1.31. The molecule has 0 aliphatic carbocycles. The Morgan fingerprint density at radius 1 is 1.19 bits per heavy atom. The minimum atomic E-state index is -4.80. The van der Waals surface area contributed by atoms with Crippen molar-refractivity contribution in [3.05, 3.63) is 53.6 Å². The summed E-state index contributed by atoms with van der Waals surface area (Å²) in [4.78, 5) is 30.8. The highest BCUT2D eigenvalue weighted by Gasteiger charge is 2.31. The van der Waals surface area contributed by atoms with Crippen molar-refractivity contribution in [3.8, 4) is 5.75 Å². The van der Waals surface area contributed by atoms with E-state index in [-0.39, 0.29) is 30.1 Å². The van der Waals surface area contributed by atoms with Crippen LogP contribution in [0.3, 0.4) is 0 Å². The van der Waals surface area contributed by atoms with E-state index in [0.717, 1.165) is 24.2 Å². The Morgan fingerprint density at radius 3 is 2.53 bits per heavy atom. The van der Waals surface area contributed by atoms with Crippen molar-refractivity contribution < 1.29 is 32.2 Å². The molecule has 3 aromatic rings. The number of aromatic nitrogens is 1. The number of ether oxygens (including phenoxy) is 2. The maximum Gasteiger partial charge on any atom is 0.573 e. The number of hydrogen-bond donors (Lipinski definition) is 0. The summed E-state index contributed by atoms with van der Waals surface area (Å²) >= 11 is 1.10. The highest BCUT2D eigenvalue weighted by Crippen LogP contribution is 2.34. The molecular formula is C22H19F3N2O4S. The number of halogens is 3. The Morgan fingerprint density at radius 2 is 1.91 bits per heavy atom. The second kappa shape index (κ2) is 8.87. The number of thiazole rings is 1. The summed E-state index contributed by atoms with van der Waals surface area (Å²) in [7, 11) is 0. The summed E-state index contributed by atoms with van der Waals surface area (Å²) < 4.78 is 47.8. The van der Waals surface area contributed by atoms with Crippen molar-refractivity contribution >= 4 is 38.4 Å².